The van der Waals surface area contributed by atoms with Gasteiger partial charge >= 0.3 is 0 Å². The Morgan fingerprint density at radius 2 is 2.11 bits per heavy atom. The Hall–Kier alpha value is -2.22. The van der Waals surface area contributed by atoms with Crippen molar-refractivity contribution in [3.05, 3.63) is 29.2 Å². The van der Waals surface area contributed by atoms with Gasteiger partial charge in [0.1, 0.15) is 0 Å². The molecule has 27 heavy (non-hydrogen) atoms. The Bertz CT molecular complexity index is 740. The molecule has 0 saturated carbocycles. The maximum atomic E-state index is 12.5. The Kier molecular flexibility index (Phi) is 6.26. The van der Waals surface area contributed by atoms with E-state index >= 15 is 0 Å². The quantitative estimate of drug-likeness (QED) is 0.737. The molecule has 8 heteroatoms. The number of ether oxygens (including phenoxy) is 1. The van der Waals surface area contributed by atoms with Crippen LogP contribution in [0.5, 0.6) is 0 Å². The molecule has 0 atom stereocenters. The van der Waals surface area contributed by atoms with Crippen LogP contribution in [0.15, 0.2) is 10.6 Å². The average Bonchev–Trinajstić information content (AvgIpc) is 3.21. The van der Waals surface area contributed by atoms with Crippen molar-refractivity contribution in [3.8, 4) is 0 Å². The lowest BCUT2D eigenvalue weighted by atomic mass is 10.1. The summed E-state index contributed by atoms with van der Waals surface area (Å²) in [4.78, 5) is 18.8. The van der Waals surface area contributed by atoms with Gasteiger partial charge in [-0.3, -0.25) is 9.48 Å². The third kappa shape index (κ3) is 5.15. The lowest BCUT2D eigenvalue weighted by Gasteiger charge is -2.31. The molecule has 3 rings (SSSR count). The van der Waals surface area contributed by atoms with E-state index in [4.69, 9.17) is 9.26 Å². The van der Waals surface area contributed by atoms with Gasteiger partial charge in [0, 0.05) is 38.7 Å². The minimum Gasteiger partial charge on any atom is -0.378 e. The van der Waals surface area contributed by atoms with Gasteiger partial charge in [-0.2, -0.15) is 10.1 Å². The summed E-state index contributed by atoms with van der Waals surface area (Å²) in [7, 11) is 1.85. The first-order chi connectivity index (χ1) is 12.9. The SMILES string of the molecule is Cc1cc(C(=O)N2CCC(OCCc3noc(CC(C)C)n3)CC2)nn1C. The molecule has 1 fully saturated rings. The van der Waals surface area contributed by atoms with Crippen molar-refractivity contribution >= 4 is 5.91 Å². The fourth-order valence-electron chi connectivity index (χ4n) is 3.19. The zero-order valence-corrected chi connectivity index (χ0v) is 16.6. The van der Waals surface area contributed by atoms with Crippen LogP contribution in [-0.2, 0) is 24.6 Å². The van der Waals surface area contributed by atoms with Gasteiger partial charge < -0.3 is 14.2 Å². The Balaban J connectivity index is 1.39. The molecule has 8 nitrogen and oxygen atoms in total. The second-order valence-electron chi connectivity index (χ2n) is 7.61. The summed E-state index contributed by atoms with van der Waals surface area (Å²) in [5.74, 6) is 1.89. The lowest BCUT2D eigenvalue weighted by Crippen LogP contribution is -2.41. The first kappa shape index (κ1) is 19.5. The van der Waals surface area contributed by atoms with Gasteiger partial charge in [0.15, 0.2) is 11.5 Å². The van der Waals surface area contributed by atoms with E-state index in [1.807, 2.05) is 24.9 Å². The highest BCUT2D eigenvalue weighted by Crippen LogP contribution is 2.17. The highest BCUT2D eigenvalue weighted by molar-refractivity contribution is 5.92. The number of aryl methyl sites for hydroxylation is 2. The number of hydrogen-bond donors (Lipinski definition) is 0. The van der Waals surface area contributed by atoms with Gasteiger partial charge in [-0.15, -0.1) is 0 Å². The van der Waals surface area contributed by atoms with Crippen LogP contribution in [0.1, 0.15) is 54.6 Å². The summed E-state index contributed by atoms with van der Waals surface area (Å²) in [5.41, 5.74) is 1.50. The molecule has 148 valence electrons. The fourth-order valence-corrected chi connectivity index (χ4v) is 3.19. The minimum absolute atomic E-state index is 0.00151. The number of amides is 1. The van der Waals surface area contributed by atoms with E-state index in [0.717, 1.165) is 25.0 Å². The number of piperidine rings is 1. The first-order valence-electron chi connectivity index (χ1n) is 9.65. The van der Waals surface area contributed by atoms with Crippen LogP contribution in [0.3, 0.4) is 0 Å². The molecule has 1 aliphatic heterocycles. The molecule has 0 aromatic carbocycles. The Morgan fingerprint density at radius 1 is 1.37 bits per heavy atom. The number of carbonyl (C=O) groups is 1. The van der Waals surface area contributed by atoms with Crippen molar-refractivity contribution in [3.63, 3.8) is 0 Å². The predicted octanol–water partition coefficient (Wildman–Crippen LogP) is 2.17. The van der Waals surface area contributed by atoms with E-state index in [2.05, 4.69) is 29.1 Å². The molecule has 1 aliphatic rings. The van der Waals surface area contributed by atoms with Crippen molar-refractivity contribution in [2.45, 2.75) is 52.6 Å². The van der Waals surface area contributed by atoms with E-state index in [-0.39, 0.29) is 12.0 Å². The third-order valence-electron chi connectivity index (χ3n) is 4.83. The normalized spacial score (nSPS) is 15.7. The van der Waals surface area contributed by atoms with E-state index in [1.54, 1.807) is 4.68 Å². The van der Waals surface area contributed by atoms with Crippen LogP contribution >= 0.6 is 0 Å². The smallest absolute Gasteiger partial charge is 0.274 e. The van der Waals surface area contributed by atoms with Gasteiger partial charge in [0.05, 0.1) is 12.7 Å². The molecule has 1 saturated heterocycles. The molecule has 3 heterocycles. The van der Waals surface area contributed by atoms with Crippen molar-refractivity contribution in [2.75, 3.05) is 19.7 Å². The first-order valence-corrected chi connectivity index (χ1v) is 9.65. The second kappa shape index (κ2) is 8.65. The molecule has 0 spiro atoms. The Labute approximate surface area is 159 Å². The van der Waals surface area contributed by atoms with E-state index in [1.165, 1.54) is 0 Å². The lowest BCUT2D eigenvalue weighted by molar-refractivity contribution is 0.00929. The monoisotopic (exact) mass is 375 g/mol. The number of aromatic nitrogens is 4. The predicted molar refractivity (Wildman–Crippen MR) is 99.4 cm³/mol. The summed E-state index contributed by atoms with van der Waals surface area (Å²) >= 11 is 0. The zero-order chi connectivity index (χ0) is 19.4. The Morgan fingerprint density at radius 3 is 2.74 bits per heavy atom. The van der Waals surface area contributed by atoms with Crippen LogP contribution in [-0.4, -0.2) is 56.5 Å². The summed E-state index contributed by atoms with van der Waals surface area (Å²) in [6.07, 6.45) is 3.29. The number of hydrogen-bond acceptors (Lipinski definition) is 6. The molecule has 2 aromatic heterocycles. The van der Waals surface area contributed by atoms with Crippen LogP contribution in [0.4, 0.5) is 0 Å². The molecular formula is C19H29N5O3. The molecule has 0 aliphatic carbocycles. The molecule has 2 aromatic rings. The molecule has 0 unspecified atom stereocenters. The molecule has 1 amide bonds. The third-order valence-corrected chi connectivity index (χ3v) is 4.83. The van der Waals surface area contributed by atoms with Gasteiger partial charge in [-0.25, -0.2) is 0 Å². The molecule has 0 radical (unpaired) electrons. The summed E-state index contributed by atoms with van der Waals surface area (Å²) < 4.78 is 12.9. The molecule has 0 N–H and O–H groups in total. The number of nitrogens with zero attached hydrogens (tertiary/aromatic N) is 5. The van der Waals surface area contributed by atoms with Gasteiger partial charge in [-0.05, 0) is 31.7 Å². The van der Waals surface area contributed by atoms with Crippen LogP contribution in [0, 0.1) is 12.8 Å². The topological polar surface area (TPSA) is 86.3 Å². The van der Waals surface area contributed by atoms with Crippen LogP contribution in [0.2, 0.25) is 0 Å². The summed E-state index contributed by atoms with van der Waals surface area (Å²) in [6, 6.07) is 1.84. The average molecular weight is 375 g/mol. The van der Waals surface area contributed by atoms with E-state index < -0.39 is 0 Å². The number of likely N-dealkylation sites (tertiary alicyclic amines) is 1. The van der Waals surface area contributed by atoms with E-state index in [0.29, 0.717) is 49.4 Å². The molecule has 0 bridgehead atoms. The highest BCUT2D eigenvalue weighted by atomic mass is 16.5. The second-order valence-corrected chi connectivity index (χ2v) is 7.61. The van der Waals surface area contributed by atoms with Gasteiger partial charge in [-0.1, -0.05) is 19.0 Å². The van der Waals surface area contributed by atoms with Crippen molar-refractivity contribution in [2.24, 2.45) is 13.0 Å². The summed E-state index contributed by atoms with van der Waals surface area (Å²) in [6.45, 7) is 8.15. The van der Waals surface area contributed by atoms with Crippen molar-refractivity contribution < 1.29 is 14.1 Å². The number of carbonyl (C=O) groups excluding carboxylic acids is 1. The van der Waals surface area contributed by atoms with Crippen LogP contribution in [0.25, 0.3) is 0 Å². The van der Waals surface area contributed by atoms with Gasteiger partial charge in [0.2, 0.25) is 5.89 Å². The van der Waals surface area contributed by atoms with E-state index in [9.17, 15) is 4.79 Å². The summed E-state index contributed by atoms with van der Waals surface area (Å²) in [5, 5.41) is 8.28. The number of rotatable bonds is 7. The standard InChI is InChI=1S/C19H29N5O3/c1-13(2)11-18-20-17(22-27-18)7-10-26-15-5-8-24(9-6-15)19(25)16-12-14(3)23(4)21-16/h12-13,15H,5-11H2,1-4H3. The van der Waals surface area contributed by atoms with Crippen LogP contribution < -0.4 is 0 Å². The zero-order valence-electron chi connectivity index (χ0n) is 16.6. The largest absolute Gasteiger partial charge is 0.378 e. The maximum Gasteiger partial charge on any atom is 0.274 e. The fraction of sp³-hybridized carbons (Fsp3) is 0.684. The maximum absolute atomic E-state index is 12.5. The molecular weight excluding hydrogens is 346 g/mol. The highest BCUT2D eigenvalue weighted by Gasteiger charge is 2.25. The minimum atomic E-state index is 0.00151. The van der Waals surface area contributed by atoms with Gasteiger partial charge in [0.25, 0.3) is 5.91 Å². The van der Waals surface area contributed by atoms with Crippen molar-refractivity contribution in [1.82, 2.24) is 24.8 Å². The van der Waals surface area contributed by atoms with Crippen molar-refractivity contribution in [1.29, 1.82) is 0 Å².